The van der Waals surface area contributed by atoms with E-state index >= 15 is 0 Å². The quantitative estimate of drug-likeness (QED) is 0.677. The monoisotopic (exact) mass is 227 g/mol. The Morgan fingerprint density at radius 1 is 1.12 bits per heavy atom. The van der Waals surface area contributed by atoms with Crippen molar-refractivity contribution in [1.82, 2.24) is 5.32 Å². The van der Waals surface area contributed by atoms with Crippen LogP contribution in [0.15, 0.2) is 0 Å². The molecule has 1 saturated carbocycles. The van der Waals surface area contributed by atoms with Crippen LogP contribution in [0, 0.1) is 11.8 Å². The molecule has 0 amide bonds. The van der Waals surface area contributed by atoms with E-state index in [1.54, 1.807) is 0 Å². The van der Waals surface area contributed by atoms with Gasteiger partial charge in [0, 0.05) is 13.2 Å². The predicted molar refractivity (Wildman–Crippen MR) is 64.4 cm³/mol. The van der Waals surface area contributed by atoms with E-state index in [0.29, 0.717) is 24.5 Å². The molecule has 2 aliphatic rings. The number of rotatable bonds is 6. The molecular formula is C13H25NO2. The van der Waals surface area contributed by atoms with Gasteiger partial charge >= 0.3 is 0 Å². The molecule has 1 aliphatic heterocycles. The molecule has 0 aromatic heterocycles. The van der Waals surface area contributed by atoms with E-state index in [1.807, 2.05) is 0 Å². The average Bonchev–Trinajstić information content (AvgIpc) is 2.95. The van der Waals surface area contributed by atoms with E-state index in [4.69, 9.17) is 4.74 Å². The van der Waals surface area contributed by atoms with Crippen molar-refractivity contribution in [3.8, 4) is 0 Å². The second-order valence-electron chi connectivity index (χ2n) is 5.26. The Balaban J connectivity index is 1.53. The van der Waals surface area contributed by atoms with Gasteiger partial charge in [-0.2, -0.15) is 0 Å². The Bertz CT molecular complexity index is 192. The summed E-state index contributed by atoms with van der Waals surface area (Å²) in [5, 5.41) is 12.7. The van der Waals surface area contributed by atoms with Crippen LogP contribution in [0.4, 0.5) is 0 Å². The van der Waals surface area contributed by atoms with Gasteiger partial charge in [-0.1, -0.05) is 6.42 Å². The third kappa shape index (κ3) is 3.44. The van der Waals surface area contributed by atoms with Crippen LogP contribution in [-0.2, 0) is 4.74 Å². The highest BCUT2D eigenvalue weighted by atomic mass is 16.5. The highest BCUT2D eigenvalue weighted by Gasteiger charge is 2.26. The first-order valence-corrected chi connectivity index (χ1v) is 6.83. The van der Waals surface area contributed by atoms with Gasteiger partial charge in [0.15, 0.2) is 0 Å². The number of ether oxygens (including phenoxy) is 1. The van der Waals surface area contributed by atoms with E-state index in [-0.39, 0.29) is 0 Å². The van der Waals surface area contributed by atoms with E-state index in [1.165, 1.54) is 32.1 Å². The van der Waals surface area contributed by atoms with Crippen LogP contribution in [0.3, 0.4) is 0 Å². The molecule has 1 aliphatic carbocycles. The number of hydrogen-bond donors (Lipinski definition) is 2. The molecule has 2 fully saturated rings. The minimum Gasteiger partial charge on any atom is -0.396 e. The van der Waals surface area contributed by atoms with Crippen molar-refractivity contribution in [3.63, 3.8) is 0 Å². The van der Waals surface area contributed by atoms with Gasteiger partial charge in [0.2, 0.25) is 0 Å². The molecule has 3 nitrogen and oxygen atoms in total. The number of aliphatic hydroxyl groups excluding tert-OH is 1. The van der Waals surface area contributed by atoms with Crippen molar-refractivity contribution in [2.24, 2.45) is 11.8 Å². The molecule has 2 N–H and O–H groups in total. The molecular weight excluding hydrogens is 202 g/mol. The fourth-order valence-corrected chi connectivity index (χ4v) is 3.05. The van der Waals surface area contributed by atoms with Crippen molar-refractivity contribution >= 4 is 0 Å². The van der Waals surface area contributed by atoms with Gasteiger partial charge in [-0.05, 0) is 57.0 Å². The third-order valence-corrected chi connectivity index (χ3v) is 4.12. The van der Waals surface area contributed by atoms with Crippen LogP contribution in [0.1, 0.15) is 38.5 Å². The number of nitrogens with one attached hydrogen (secondary N) is 1. The highest BCUT2D eigenvalue weighted by Crippen LogP contribution is 2.30. The average molecular weight is 227 g/mol. The maximum atomic E-state index is 9.22. The van der Waals surface area contributed by atoms with E-state index in [9.17, 15) is 5.11 Å². The van der Waals surface area contributed by atoms with Crippen molar-refractivity contribution in [2.75, 3.05) is 26.3 Å². The first-order valence-electron chi connectivity index (χ1n) is 6.83. The van der Waals surface area contributed by atoms with Gasteiger partial charge < -0.3 is 15.2 Å². The standard InChI is InChI=1S/C13H25NO2/c15-10-12-4-1-3-11(12)9-14-7-6-13-5-2-8-16-13/h11-15H,1-10H2. The van der Waals surface area contributed by atoms with Crippen molar-refractivity contribution in [2.45, 2.75) is 44.6 Å². The maximum absolute atomic E-state index is 9.22. The highest BCUT2D eigenvalue weighted by molar-refractivity contribution is 4.78. The first-order chi connectivity index (χ1) is 7.90. The second-order valence-corrected chi connectivity index (χ2v) is 5.26. The van der Waals surface area contributed by atoms with Gasteiger partial charge in [-0.15, -0.1) is 0 Å². The molecule has 0 radical (unpaired) electrons. The molecule has 3 unspecified atom stereocenters. The summed E-state index contributed by atoms with van der Waals surface area (Å²) in [5.74, 6) is 1.25. The van der Waals surface area contributed by atoms with Crippen molar-refractivity contribution in [3.05, 3.63) is 0 Å². The normalized spacial score (nSPS) is 34.7. The molecule has 3 heteroatoms. The summed E-state index contributed by atoms with van der Waals surface area (Å²) >= 11 is 0. The zero-order valence-electron chi connectivity index (χ0n) is 10.2. The Hall–Kier alpha value is -0.120. The molecule has 2 rings (SSSR count). The summed E-state index contributed by atoms with van der Waals surface area (Å²) in [4.78, 5) is 0. The smallest absolute Gasteiger partial charge is 0.0588 e. The predicted octanol–water partition coefficient (Wildman–Crippen LogP) is 1.55. The Kier molecular flexibility index (Phi) is 5.07. The number of hydrogen-bond acceptors (Lipinski definition) is 3. The summed E-state index contributed by atoms with van der Waals surface area (Å²) in [7, 11) is 0. The lowest BCUT2D eigenvalue weighted by atomic mass is 9.97. The molecule has 0 aromatic carbocycles. The van der Waals surface area contributed by atoms with E-state index < -0.39 is 0 Å². The maximum Gasteiger partial charge on any atom is 0.0588 e. The van der Waals surface area contributed by atoms with Crippen molar-refractivity contribution < 1.29 is 9.84 Å². The van der Waals surface area contributed by atoms with Crippen LogP contribution in [0.5, 0.6) is 0 Å². The summed E-state index contributed by atoms with van der Waals surface area (Å²) in [6.45, 7) is 3.48. The second kappa shape index (κ2) is 6.58. The van der Waals surface area contributed by atoms with Gasteiger partial charge in [0.1, 0.15) is 0 Å². The lowest BCUT2D eigenvalue weighted by Gasteiger charge is -2.18. The van der Waals surface area contributed by atoms with Crippen LogP contribution in [0.25, 0.3) is 0 Å². The lowest BCUT2D eigenvalue weighted by Crippen LogP contribution is -2.29. The van der Waals surface area contributed by atoms with Crippen molar-refractivity contribution in [1.29, 1.82) is 0 Å². The molecule has 0 bridgehead atoms. The van der Waals surface area contributed by atoms with Crippen LogP contribution >= 0.6 is 0 Å². The molecule has 1 heterocycles. The molecule has 0 spiro atoms. The zero-order chi connectivity index (χ0) is 11.2. The van der Waals surface area contributed by atoms with E-state index in [0.717, 1.165) is 26.1 Å². The Morgan fingerprint density at radius 2 is 2.00 bits per heavy atom. The summed E-state index contributed by atoms with van der Waals surface area (Å²) in [5.41, 5.74) is 0. The third-order valence-electron chi connectivity index (χ3n) is 4.12. The summed E-state index contributed by atoms with van der Waals surface area (Å²) in [6, 6.07) is 0. The van der Waals surface area contributed by atoms with Crippen LogP contribution in [0.2, 0.25) is 0 Å². The molecule has 16 heavy (non-hydrogen) atoms. The van der Waals surface area contributed by atoms with Gasteiger partial charge in [0.25, 0.3) is 0 Å². The first kappa shape index (κ1) is 12.3. The largest absolute Gasteiger partial charge is 0.396 e. The summed E-state index contributed by atoms with van der Waals surface area (Å²) < 4.78 is 5.59. The fraction of sp³-hybridized carbons (Fsp3) is 1.00. The SMILES string of the molecule is OCC1CCCC1CNCCC1CCCO1. The topological polar surface area (TPSA) is 41.5 Å². The Morgan fingerprint density at radius 3 is 2.75 bits per heavy atom. The van der Waals surface area contributed by atoms with E-state index in [2.05, 4.69) is 5.32 Å². The minimum atomic E-state index is 0.373. The zero-order valence-corrected chi connectivity index (χ0v) is 10.2. The molecule has 0 aromatic rings. The lowest BCUT2D eigenvalue weighted by molar-refractivity contribution is 0.103. The number of aliphatic hydroxyl groups is 1. The van der Waals surface area contributed by atoms with Crippen LogP contribution in [-0.4, -0.2) is 37.5 Å². The minimum absolute atomic E-state index is 0.373. The van der Waals surface area contributed by atoms with Crippen LogP contribution < -0.4 is 5.32 Å². The fourth-order valence-electron chi connectivity index (χ4n) is 3.05. The van der Waals surface area contributed by atoms with Gasteiger partial charge in [0.05, 0.1) is 6.10 Å². The van der Waals surface area contributed by atoms with Gasteiger partial charge in [-0.25, -0.2) is 0 Å². The molecule has 1 saturated heterocycles. The van der Waals surface area contributed by atoms with Gasteiger partial charge in [-0.3, -0.25) is 0 Å². The molecule has 94 valence electrons. The molecule has 3 atom stereocenters. The Labute approximate surface area is 98.6 Å². The summed E-state index contributed by atoms with van der Waals surface area (Å²) in [6.07, 6.45) is 7.93.